The van der Waals surface area contributed by atoms with Crippen LogP contribution in [0, 0.1) is 11.7 Å². The first-order valence-corrected chi connectivity index (χ1v) is 5.89. The zero-order chi connectivity index (χ0) is 10.1. The minimum atomic E-state index is 0.241. The third-order valence-electron chi connectivity index (χ3n) is 2.17. The molecule has 13 heavy (non-hydrogen) atoms. The predicted octanol–water partition coefficient (Wildman–Crippen LogP) is 3.00. The molecule has 0 aliphatic rings. The lowest BCUT2D eigenvalue weighted by atomic mass is 10.2. The van der Waals surface area contributed by atoms with E-state index >= 15 is 0 Å². The molecule has 0 saturated carbocycles. The van der Waals surface area contributed by atoms with Crippen LogP contribution < -0.4 is 0 Å². The molecule has 0 unspecified atom stereocenters. The van der Waals surface area contributed by atoms with Gasteiger partial charge < -0.3 is 9.55 Å². The van der Waals surface area contributed by atoms with Crippen molar-refractivity contribution in [2.24, 2.45) is 0 Å². The van der Waals surface area contributed by atoms with E-state index in [-0.39, 0.29) is 4.75 Å². The van der Waals surface area contributed by atoms with Gasteiger partial charge in [-0.2, -0.15) is 11.8 Å². The first kappa shape index (κ1) is 10.9. The number of nitrogens with zero attached hydrogens (tertiary/aromatic N) is 1. The second-order valence-corrected chi connectivity index (χ2v) is 5.69. The Morgan fingerprint density at radius 3 is 2.62 bits per heavy atom. The molecule has 1 aromatic heterocycles. The average Bonchev–Trinajstić information content (AvgIpc) is 2.36. The number of aromatic nitrogens is 2. The van der Waals surface area contributed by atoms with Gasteiger partial charge in [0.25, 0.3) is 0 Å². The Kier molecular flexibility index (Phi) is 3.24. The van der Waals surface area contributed by atoms with Crippen molar-refractivity contribution in [3.63, 3.8) is 0 Å². The average molecular weight is 216 g/mol. The predicted molar refractivity (Wildman–Crippen MR) is 61.9 cm³/mol. The zero-order valence-corrected chi connectivity index (χ0v) is 10.2. The van der Waals surface area contributed by atoms with Crippen molar-refractivity contribution in [1.29, 1.82) is 0 Å². The summed E-state index contributed by atoms with van der Waals surface area (Å²) >= 11 is 7.05. The molecule has 0 atom stereocenters. The summed E-state index contributed by atoms with van der Waals surface area (Å²) in [6.45, 7) is 7.49. The summed E-state index contributed by atoms with van der Waals surface area (Å²) < 4.78 is 3.21. The van der Waals surface area contributed by atoms with E-state index in [1.165, 1.54) is 5.69 Å². The fraction of sp³-hybridized carbons (Fsp3) is 0.667. The summed E-state index contributed by atoms with van der Waals surface area (Å²) in [6.07, 6.45) is 4.09. The molecule has 4 heteroatoms. The summed E-state index contributed by atoms with van der Waals surface area (Å²) in [5.74, 6) is 0. The molecule has 0 aliphatic carbocycles. The molecule has 74 valence electrons. The maximum Gasteiger partial charge on any atom is 0.177 e. The summed E-state index contributed by atoms with van der Waals surface area (Å²) in [5, 5.41) is 0. The summed E-state index contributed by atoms with van der Waals surface area (Å²) in [5.41, 5.74) is 1.20. The van der Waals surface area contributed by atoms with Crippen LogP contribution in [-0.2, 0) is 6.54 Å². The van der Waals surface area contributed by atoms with Crippen LogP contribution in [0.15, 0.2) is 6.20 Å². The van der Waals surface area contributed by atoms with Crippen LogP contribution in [0.1, 0.15) is 19.5 Å². The lowest BCUT2D eigenvalue weighted by Crippen LogP contribution is -2.23. The minimum Gasteiger partial charge on any atom is -0.337 e. The van der Waals surface area contributed by atoms with Gasteiger partial charge in [-0.3, -0.25) is 0 Å². The fourth-order valence-corrected chi connectivity index (χ4v) is 1.65. The second kappa shape index (κ2) is 3.88. The highest BCUT2D eigenvalue weighted by Crippen LogP contribution is 2.23. The molecule has 1 aromatic rings. The number of aromatic amines is 1. The zero-order valence-electron chi connectivity index (χ0n) is 8.55. The maximum absolute atomic E-state index is 5.19. The third kappa shape index (κ3) is 2.61. The van der Waals surface area contributed by atoms with E-state index in [4.69, 9.17) is 12.2 Å². The molecule has 2 nitrogen and oxygen atoms in total. The molecule has 0 aromatic carbocycles. The number of aryl methyl sites for hydroxylation is 1. The van der Waals surface area contributed by atoms with Crippen LogP contribution in [0.25, 0.3) is 0 Å². The Labute approximate surface area is 88.7 Å². The van der Waals surface area contributed by atoms with Gasteiger partial charge in [0.15, 0.2) is 4.77 Å². The topological polar surface area (TPSA) is 20.7 Å². The Morgan fingerprint density at radius 2 is 2.23 bits per heavy atom. The summed E-state index contributed by atoms with van der Waals surface area (Å²) in [7, 11) is 0. The molecular weight excluding hydrogens is 200 g/mol. The molecule has 0 fully saturated rings. The molecule has 1 heterocycles. The summed E-state index contributed by atoms with van der Waals surface area (Å²) in [6, 6.07) is 0. The first-order valence-electron chi connectivity index (χ1n) is 4.26. The molecule has 0 spiro atoms. The quantitative estimate of drug-likeness (QED) is 0.784. The second-order valence-electron chi connectivity index (χ2n) is 3.79. The standard InChI is InChI=1S/C9H16N2S2/c1-7-5-10-8(12)11(7)6-9(2,3)13-4/h5H,6H2,1-4H3,(H,10,12). The van der Waals surface area contributed by atoms with Crippen LogP contribution >= 0.6 is 24.0 Å². The highest BCUT2D eigenvalue weighted by molar-refractivity contribution is 7.99. The molecule has 1 rings (SSSR count). The van der Waals surface area contributed by atoms with Gasteiger partial charge in [0.1, 0.15) is 0 Å². The monoisotopic (exact) mass is 216 g/mol. The van der Waals surface area contributed by atoms with Gasteiger partial charge in [0.2, 0.25) is 0 Å². The van der Waals surface area contributed by atoms with E-state index in [2.05, 4.69) is 36.6 Å². The number of thioether (sulfide) groups is 1. The molecule has 0 amide bonds. The van der Waals surface area contributed by atoms with Crippen LogP contribution in [-0.4, -0.2) is 20.6 Å². The van der Waals surface area contributed by atoms with Crippen molar-refractivity contribution < 1.29 is 0 Å². The maximum atomic E-state index is 5.19. The van der Waals surface area contributed by atoms with Crippen molar-refractivity contribution >= 4 is 24.0 Å². The van der Waals surface area contributed by atoms with Crippen molar-refractivity contribution in [2.75, 3.05) is 6.26 Å². The van der Waals surface area contributed by atoms with E-state index in [0.29, 0.717) is 0 Å². The van der Waals surface area contributed by atoms with E-state index in [0.717, 1.165) is 11.3 Å². The lowest BCUT2D eigenvalue weighted by molar-refractivity contribution is 0.554. The number of imidazole rings is 1. The largest absolute Gasteiger partial charge is 0.337 e. The SMILES string of the molecule is CSC(C)(C)Cn1c(C)c[nH]c1=S. The van der Waals surface area contributed by atoms with Crippen molar-refractivity contribution in [1.82, 2.24) is 9.55 Å². The molecule has 0 aliphatic heterocycles. The van der Waals surface area contributed by atoms with Gasteiger partial charge in [-0.1, -0.05) is 0 Å². The van der Waals surface area contributed by atoms with Gasteiger partial charge >= 0.3 is 0 Å². The summed E-state index contributed by atoms with van der Waals surface area (Å²) in [4.78, 5) is 3.05. The number of hydrogen-bond acceptors (Lipinski definition) is 2. The Balaban J connectivity index is 2.92. The van der Waals surface area contributed by atoms with Crippen LogP contribution in [0.3, 0.4) is 0 Å². The van der Waals surface area contributed by atoms with Gasteiger partial charge in [0, 0.05) is 23.2 Å². The minimum absolute atomic E-state index is 0.241. The highest BCUT2D eigenvalue weighted by Gasteiger charge is 2.17. The Bertz CT molecular complexity index is 336. The normalized spacial score (nSPS) is 12.0. The Morgan fingerprint density at radius 1 is 1.62 bits per heavy atom. The van der Waals surface area contributed by atoms with E-state index in [1.807, 2.05) is 18.0 Å². The highest BCUT2D eigenvalue weighted by atomic mass is 32.2. The van der Waals surface area contributed by atoms with Crippen LogP contribution in [0.5, 0.6) is 0 Å². The number of hydrogen-bond donors (Lipinski definition) is 1. The van der Waals surface area contributed by atoms with Gasteiger partial charge in [-0.05, 0) is 39.2 Å². The van der Waals surface area contributed by atoms with E-state index in [9.17, 15) is 0 Å². The van der Waals surface area contributed by atoms with Gasteiger partial charge in [0.05, 0.1) is 0 Å². The first-order chi connectivity index (χ1) is 5.96. The number of nitrogens with one attached hydrogen (secondary N) is 1. The van der Waals surface area contributed by atoms with Crippen LogP contribution in [0.4, 0.5) is 0 Å². The molecule has 1 N–H and O–H groups in total. The molecule has 0 radical (unpaired) electrons. The van der Waals surface area contributed by atoms with Gasteiger partial charge in [-0.25, -0.2) is 0 Å². The van der Waals surface area contributed by atoms with Crippen molar-refractivity contribution in [2.45, 2.75) is 32.1 Å². The Hall–Kier alpha value is -0.220. The van der Waals surface area contributed by atoms with Gasteiger partial charge in [-0.15, -0.1) is 0 Å². The smallest absolute Gasteiger partial charge is 0.177 e. The lowest BCUT2D eigenvalue weighted by Gasteiger charge is -2.23. The van der Waals surface area contributed by atoms with E-state index in [1.54, 1.807) is 0 Å². The third-order valence-corrected chi connectivity index (χ3v) is 3.74. The molecular formula is C9H16N2S2. The molecule has 0 bridgehead atoms. The van der Waals surface area contributed by atoms with Crippen molar-refractivity contribution in [3.8, 4) is 0 Å². The van der Waals surface area contributed by atoms with Crippen LogP contribution in [0.2, 0.25) is 0 Å². The van der Waals surface area contributed by atoms with E-state index < -0.39 is 0 Å². The number of H-pyrrole nitrogens is 1. The number of rotatable bonds is 3. The molecule has 0 saturated heterocycles. The van der Waals surface area contributed by atoms with Crippen molar-refractivity contribution in [3.05, 3.63) is 16.7 Å². The fourth-order valence-electron chi connectivity index (χ4n) is 1.12.